The van der Waals surface area contributed by atoms with Crippen molar-refractivity contribution < 1.29 is 9.90 Å². The molecule has 1 aromatic carbocycles. The molecule has 1 aromatic heterocycles. The Morgan fingerprint density at radius 1 is 1.37 bits per heavy atom. The summed E-state index contributed by atoms with van der Waals surface area (Å²) >= 11 is 3.50. The number of hydrogen-bond donors (Lipinski definition) is 1. The number of benzene rings is 1. The summed E-state index contributed by atoms with van der Waals surface area (Å²) < 4.78 is 2.60. The molecule has 1 heterocycles. The molecule has 5 heteroatoms. The first-order valence-corrected chi connectivity index (χ1v) is 6.90. The van der Waals surface area contributed by atoms with Gasteiger partial charge in [-0.2, -0.15) is 5.10 Å². The third-order valence-electron chi connectivity index (χ3n) is 3.66. The number of carbonyl (C=O) groups is 1. The van der Waals surface area contributed by atoms with Crippen LogP contribution in [0.3, 0.4) is 0 Å². The first-order chi connectivity index (χ1) is 9.06. The second-order valence-electron chi connectivity index (χ2n) is 4.88. The molecule has 2 aromatic rings. The summed E-state index contributed by atoms with van der Waals surface area (Å²) in [4.78, 5) is 11.4. The van der Waals surface area contributed by atoms with E-state index in [0.29, 0.717) is 18.5 Å². The van der Waals surface area contributed by atoms with Crippen molar-refractivity contribution in [1.29, 1.82) is 0 Å². The maximum absolute atomic E-state index is 11.4. The number of aliphatic carboxylic acids is 1. The molecule has 0 radical (unpaired) electrons. The summed E-state index contributed by atoms with van der Waals surface area (Å²) in [7, 11) is 0. The fourth-order valence-electron chi connectivity index (χ4n) is 2.29. The molecular formula is C14H13BrN2O2. The van der Waals surface area contributed by atoms with Crippen LogP contribution in [0.4, 0.5) is 0 Å². The molecular weight excluding hydrogens is 308 g/mol. The van der Waals surface area contributed by atoms with Crippen molar-refractivity contribution in [2.75, 3.05) is 0 Å². The zero-order valence-corrected chi connectivity index (χ0v) is 12.0. The van der Waals surface area contributed by atoms with Crippen molar-refractivity contribution in [2.45, 2.75) is 25.2 Å². The smallest absolute Gasteiger partial charge is 0.315 e. The van der Waals surface area contributed by atoms with Crippen molar-refractivity contribution >= 4 is 21.9 Å². The monoisotopic (exact) mass is 320 g/mol. The zero-order valence-electron chi connectivity index (χ0n) is 10.4. The van der Waals surface area contributed by atoms with Gasteiger partial charge in [0.25, 0.3) is 0 Å². The molecule has 0 unspecified atom stereocenters. The number of halogens is 1. The third-order valence-corrected chi connectivity index (χ3v) is 4.61. The molecule has 98 valence electrons. The largest absolute Gasteiger partial charge is 0.481 e. The highest BCUT2D eigenvalue weighted by Gasteiger charge is 2.55. The number of hydrogen-bond acceptors (Lipinski definition) is 2. The topological polar surface area (TPSA) is 55.1 Å². The van der Waals surface area contributed by atoms with E-state index in [1.807, 2.05) is 37.3 Å². The summed E-state index contributed by atoms with van der Waals surface area (Å²) in [6.07, 6.45) is 1.32. The summed E-state index contributed by atoms with van der Waals surface area (Å²) in [5, 5.41) is 13.9. The number of carboxylic acid groups (broad SMARTS) is 1. The molecule has 0 spiro atoms. The maximum atomic E-state index is 11.4. The molecule has 0 saturated heterocycles. The quantitative estimate of drug-likeness (QED) is 0.945. The van der Waals surface area contributed by atoms with Gasteiger partial charge in [0, 0.05) is 0 Å². The van der Waals surface area contributed by atoms with Gasteiger partial charge in [0.2, 0.25) is 0 Å². The lowest BCUT2D eigenvalue weighted by Gasteiger charge is -2.06. The molecule has 0 bridgehead atoms. The van der Waals surface area contributed by atoms with Crippen LogP contribution in [0.1, 0.15) is 24.2 Å². The minimum absolute atomic E-state index is 0.640. The van der Waals surface area contributed by atoms with E-state index in [-0.39, 0.29) is 0 Å². The summed E-state index contributed by atoms with van der Waals surface area (Å²) in [5.74, 6) is -0.786. The Morgan fingerprint density at radius 2 is 2.00 bits per heavy atom. The van der Waals surface area contributed by atoms with E-state index in [1.165, 1.54) is 0 Å². The summed E-state index contributed by atoms with van der Waals surface area (Å²) in [6, 6.07) is 9.73. The average Bonchev–Trinajstić information content (AvgIpc) is 3.16. The van der Waals surface area contributed by atoms with Gasteiger partial charge in [-0.3, -0.25) is 4.79 Å². The van der Waals surface area contributed by atoms with Crippen LogP contribution in [-0.2, 0) is 10.2 Å². The molecule has 0 aliphatic heterocycles. The Morgan fingerprint density at radius 3 is 2.53 bits per heavy atom. The van der Waals surface area contributed by atoms with Crippen LogP contribution in [0.5, 0.6) is 0 Å². The molecule has 0 atom stereocenters. The second kappa shape index (κ2) is 4.20. The van der Waals surface area contributed by atoms with Gasteiger partial charge in [-0.25, -0.2) is 4.68 Å². The minimum Gasteiger partial charge on any atom is -0.481 e. The van der Waals surface area contributed by atoms with Gasteiger partial charge >= 0.3 is 5.97 Å². The molecule has 1 fully saturated rings. The Balaban J connectivity index is 2.13. The molecule has 4 nitrogen and oxygen atoms in total. The predicted octanol–water partition coefficient (Wildman–Crippen LogP) is 3.06. The first-order valence-electron chi connectivity index (χ1n) is 6.11. The van der Waals surface area contributed by atoms with Gasteiger partial charge in [-0.1, -0.05) is 18.2 Å². The van der Waals surface area contributed by atoms with Gasteiger partial charge in [0.05, 0.1) is 21.5 Å². The highest BCUT2D eigenvalue weighted by molar-refractivity contribution is 9.10. The van der Waals surface area contributed by atoms with E-state index < -0.39 is 11.4 Å². The van der Waals surface area contributed by atoms with Crippen LogP contribution >= 0.6 is 15.9 Å². The van der Waals surface area contributed by atoms with Gasteiger partial charge in [0.1, 0.15) is 5.41 Å². The average molecular weight is 321 g/mol. The Hall–Kier alpha value is -1.62. The molecule has 1 aliphatic rings. The van der Waals surface area contributed by atoms with Gasteiger partial charge in [0.15, 0.2) is 0 Å². The van der Waals surface area contributed by atoms with E-state index >= 15 is 0 Å². The Labute approximate surface area is 119 Å². The lowest BCUT2D eigenvalue weighted by atomic mass is 10.0. The van der Waals surface area contributed by atoms with Crippen molar-refractivity contribution in [3.63, 3.8) is 0 Å². The van der Waals surface area contributed by atoms with Crippen molar-refractivity contribution in [3.8, 4) is 5.69 Å². The van der Waals surface area contributed by atoms with Gasteiger partial charge in [-0.05, 0) is 47.8 Å². The van der Waals surface area contributed by atoms with Gasteiger partial charge in [-0.15, -0.1) is 0 Å². The zero-order chi connectivity index (χ0) is 13.6. The fourth-order valence-corrected chi connectivity index (χ4v) is 2.91. The van der Waals surface area contributed by atoms with Crippen LogP contribution in [0, 0.1) is 6.92 Å². The van der Waals surface area contributed by atoms with Crippen LogP contribution in [0.25, 0.3) is 5.69 Å². The number of nitrogens with zero attached hydrogens (tertiary/aromatic N) is 2. The Kier molecular flexibility index (Phi) is 2.74. The standard InChI is InChI=1S/C14H13BrN2O2/c1-9-11(15)12(14(7-8-14)13(18)19)16-17(9)10-5-3-2-4-6-10/h2-6H,7-8H2,1H3,(H,18,19). The first kappa shape index (κ1) is 12.4. The molecule has 3 rings (SSSR count). The van der Waals surface area contributed by atoms with Crippen molar-refractivity contribution in [2.24, 2.45) is 0 Å². The molecule has 0 amide bonds. The van der Waals surface area contributed by atoms with Crippen molar-refractivity contribution in [3.05, 3.63) is 46.2 Å². The minimum atomic E-state index is -0.788. The number of rotatable bonds is 3. The molecule has 1 N–H and O–H groups in total. The molecule has 19 heavy (non-hydrogen) atoms. The maximum Gasteiger partial charge on any atom is 0.315 e. The number of para-hydroxylation sites is 1. The van der Waals surface area contributed by atoms with E-state index in [0.717, 1.165) is 15.9 Å². The molecule has 1 saturated carbocycles. The lowest BCUT2D eigenvalue weighted by molar-refractivity contribution is -0.140. The fraction of sp³-hybridized carbons (Fsp3) is 0.286. The Bertz CT molecular complexity index is 645. The second-order valence-corrected chi connectivity index (χ2v) is 5.68. The SMILES string of the molecule is Cc1c(Br)c(C2(C(=O)O)CC2)nn1-c1ccccc1. The van der Waals surface area contributed by atoms with Gasteiger partial charge < -0.3 is 5.11 Å². The van der Waals surface area contributed by atoms with E-state index in [4.69, 9.17) is 0 Å². The van der Waals surface area contributed by atoms with Crippen LogP contribution in [0.15, 0.2) is 34.8 Å². The van der Waals surface area contributed by atoms with Crippen LogP contribution < -0.4 is 0 Å². The third kappa shape index (κ3) is 1.80. The summed E-state index contributed by atoms with van der Waals surface area (Å²) in [5.41, 5.74) is 1.71. The van der Waals surface area contributed by atoms with Crippen LogP contribution in [-0.4, -0.2) is 20.9 Å². The van der Waals surface area contributed by atoms with Crippen LogP contribution in [0.2, 0.25) is 0 Å². The van der Waals surface area contributed by atoms with E-state index in [2.05, 4.69) is 21.0 Å². The lowest BCUT2D eigenvalue weighted by Crippen LogP contribution is -2.20. The van der Waals surface area contributed by atoms with E-state index in [1.54, 1.807) is 4.68 Å². The normalized spacial score (nSPS) is 16.3. The summed E-state index contributed by atoms with van der Waals surface area (Å²) in [6.45, 7) is 1.94. The molecule has 1 aliphatic carbocycles. The predicted molar refractivity (Wildman–Crippen MR) is 74.5 cm³/mol. The highest BCUT2D eigenvalue weighted by atomic mass is 79.9. The highest BCUT2D eigenvalue weighted by Crippen LogP contribution is 2.50. The number of carboxylic acids is 1. The number of aromatic nitrogens is 2. The van der Waals surface area contributed by atoms with E-state index in [9.17, 15) is 9.90 Å². The van der Waals surface area contributed by atoms with Crippen molar-refractivity contribution in [1.82, 2.24) is 9.78 Å².